The Morgan fingerprint density at radius 3 is 0.951 bits per heavy atom. The van der Waals surface area contributed by atoms with E-state index in [-0.39, 0.29) is 60.0 Å². The van der Waals surface area contributed by atoms with E-state index < -0.39 is 45.8 Å². The largest absolute Gasteiger partial charge is 0.437 e. The highest BCUT2D eigenvalue weighted by atomic mass is 35.5. The zero-order valence-corrected chi connectivity index (χ0v) is 87.7. The molecule has 144 heavy (non-hydrogen) atoms. The zero-order valence-electron chi connectivity index (χ0n) is 80.8. The molecule has 4 aromatic carbocycles. The van der Waals surface area contributed by atoms with Crippen LogP contribution in [0.5, 0.6) is 0 Å². The summed E-state index contributed by atoms with van der Waals surface area (Å²) >= 11 is 49.8. The lowest BCUT2D eigenvalue weighted by atomic mass is 9.80. The van der Waals surface area contributed by atoms with E-state index in [1.54, 1.807) is 73.3 Å². The van der Waals surface area contributed by atoms with Gasteiger partial charge in [-0.3, -0.25) is 4.79 Å². The van der Waals surface area contributed by atoms with Crippen LogP contribution in [0.4, 0.5) is 49.6 Å². The van der Waals surface area contributed by atoms with Gasteiger partial charge in [0.2, 0.25) is 10.0 Å². The molecule has 0 aliphatic carbocycles. The number of aliphatic hydroxyl groups is 3. The summed E-state index contributed by atoms with van der Waals surface area (Å²) in [5.41, 5.74) is 4.12. The van der Waals surface area contributed by atoms with Crippen LogP contribution < -0.4 is 24.3 Å². The number of alkyl halides is 6. The van der Waals surface area contributed by atoms with Gasteiger partial charge in [0, 0.05) is 158 Å². The number of ketones is 1. The number of aryl methyl sites for hydroxylation is 1. The first kappa shape index (κ1) is 107. The summed E-state index contributed by atoms with van der Waals surface area (Å²) in [5, 5.41) is 48.8. The van der Waals surface area contributed by atoms with E-state index in [0.717, 1.165) is 189 Å². The van der Waals surface area contributed by atoms with Crippen LogP contribution in [-0.2, 0) is 22.4 Å². The molecule has 8 aliphatic heterocycles. The van der Waals surface area contributed by atoms with Crippen molar-refractivity contribution in [3.05, 3.63) is 183 Å². The number of hydrogen-bond donors (Lipinski definition) is 4. The SMILES string of the molecule is CC(=O)c1nn(C(C)c2ccc(Cl)cc2Cl)c2nc(N3CC(C4CCCN(CCO)C4)C3)cnc12.CC(c1ccc(Cl)cc1Cl)n1nc(C(F)(F)F)c2ncc(N3CC(C4CCCN(CCNS(C)(=O)=O)C4)C3)nc21.CC(c1ccc(Cl)cc1Cl)n1nc(C(F)(F)F)c2ncc(N3CC(C4CCCN(CCO)C4)C3)nc21.Cc1nn(C(C)c2ccc(Cl)cc2Cl)c2nc(N3CC(C4CCCN(CCO)C4)C3)cnc12. The topological polar surface area (TPSA) is 324 Å². The molecule has 8 unspecified atom stereocenters. The van der Waals surface area contributed by atoms with E-state index in [1.165, 1.54) is 60.4 Å². The fourth-order valence-corrected chi connectivity index (χ4v) is 24.2. The molecule has 46 heteroatoms. The lowest BCUT2D eigenvalue weighted by molar-refractivity contribution is -0.141. The molecule has 0 bridgehead atoms. The molecule has 8 saturated heterocycles. The van der Waals surface area contributed by atoms with Gasteiger partial charge in [0.1, 0.15) is 45.3 Å². The fourth-order valence-electron chi connectivity index (χ4n) is 21.5. The summed E-state index contributed by atoms with van der Waals surface area (Å²) in [6.45, 7) is 29.8. The molecule has 12 aromatic rings. The molecule has 0 spiro atoms. The molecule has 8 fully saturated rings. The summed E-state index contributed by atoms with van der Waals surface area (Å²) in [4.78, 5) is 67.0. The fraction of sp³-hybridized carbons (Fsp3) is 0.541. The maximum Gasteiger partial charge on any atom is 0.437 e. The van der Waals surface area contributed by atoms with E-state index >= 15 is 0 Å². The minimum atomic E-state index is -4.70. The van der Waals surface area contributed by atoms with Crippen LogP contribution in [0.15, 0.2) is 97.6 Å². The molecule has 8 aliphatic rings. The second-order valence-corrected chi connectivity index (χ2v) is 44.4. The monoisotopic (exact) mass is 2170 g/mol. The van der Waals surface area contributed by atoms with E-state index in [0.29, 0.717) is 147 Å². The molecule has 0 amide bonds. The number of halogens is 14. The third-order valence-corrected chi connectivity index (χ3v) is 32.5. The highest BCUT2D eigenvalue weighted by Gasteiger charge is 2.46. The number of β-amino-alcohol motifs (C(OH)–C–C–N with tert-alkyl or cyclic N) is 3. The first-order valence-corrected chi connectivity index (χ1v) is 53.8. The number of aliphatic hydroxyl groups excluding tert-OH is 3. The van der Waals surface area contributed by atoms with Crippen molar-refractivity contribution in [2.75, 3.05) is 183 Å². The predicted molar refractivity (Wildman–Crippen MR) is 551 cm³/mol. The third-order valence-electron chi connectivity index (χ3n) is 29.5. The van der Waals surface area contributed by atoms with Gasteiger partial charge >= 0.3 is 12.4 Å². The number of carbonyl (C=O) groups is 1. The summed E-state index contributed by atoms with van der Waals surface area (Å²) in [7, 11) is -3.21. The van der Waals surface area contributed by atoms with Gasteiger partial charge in [-0.25, -0.2) is 71.7 Å². The Morgan fingerprint density at radius 1 is 0.396 bits per heavy atom. The van der Waals surface area contributed by atoms with Crippen molar-refractivity contribution in [2.24, 2.45) is 47.3 Å². The van der Waals surface area contributed by atoms with Gasteiger partial charge in [0.25, 0.3) is 0 Å². The maximum atomic E-state index is 13.9. The number of piperidine rings is 4. The molecule has 16 heterocycles. The van der Waals surface area contributed by atoms with Gasteiger partial charge < -0.3 is 54.5 Å². The number of fused-ring (bicyclic) bond motifs is 4. The molecular weight excluding hydrogens is 2050 g/mol. The molecular formula is C98H117Cl8F6N25O6S. The first-order chi connectivity index (χ1) is 68.7. The highest BCUT2D eigenvalue weighted by molar-refractivity contribution is 7.88. The number of carbonyl (C=O) groups excluding carboxylic acids is 1. The van der Waals surface area contributed by atoms with Gasteiger partial charge in [-0.2, -0.15) is 46.7 Å². The number of nitrogens with zero attached hydrogens (tertiary/aromatic N) is 24. The Morgan fingerprint density at radius 2 is 0.667 bits per heavy atom. The van der Waals surface area contributed by atoms with E-state index in [4.69, 9.17) is 113 Å². The Bertz CT molecular complexity index is 6700. The van der Waals surface area contributed by atoms with E-state index in [1.807, 2.05) is 52.7 Å². The van der Waals surface area contributed by atoms with Crippen molar-refractivity contribution in [3.8, 4) is 0 Å². The van der Waals surface area contributed by atoms with Crippen molar-refractivity contribution in [1.29, 1.82) is 0 Å². The average molecular weight is 2170 g/mol. The molecule has 774 valence electrons. The summed E-state index contributed by atoms with van der Waals surface area (Å²) in [5.74, 6) is 7.06. The lowest BCUT2D eigenvalue weighted by Crippen LogP contribution is -2.54. The second-order valence-electron chi connectivity index (χ2n) is 39.2. The Labute approximate surface area is 871 Å². The molecule has 0 radical (unpaired) electrons. The van der Waals surface area contributed by atoms with Gasteiger partial charge in [-0.05, 0) is 230 Å². The standard InChI is InChI=1S/C25H30Cl2F3N7O2S.C25H30Cl2N6O2.C24H27Cl2F3N6O.C24H30Cl2N6O/c1-15(19-6-5-18(26)10-20(19)27)37-24-22(23(34-37)25(28,29)30)31-11-21(33-24)36-13-17(14-36)16-4-3-8-35(12-16)9-7-32-40(2,38)39;1-15(20-6-5-19(26)10-21(20)27)33-25-24(23(30-33)16(2)35)28-11-22(29-25)32-13-18(14-32)17-4-3-7-31(12-17)8-9-34;1-14(18-5-4-17(25)9-19(18)26)35-23-21(22(32-35)24(27,28)29)30-10-20(31-23)34-12-16(13-34)15-3-2-6-33(11-15)7-8-36;1-15-23-24(32(29-15)16(2)20-6-5-19(25)10-21(20)26)28-22(11-27-23)31-13-18(14-31)17-4-3-7-30(12-17)8-9-33/h5-6,10-11,15-17,32H,3-4,7-9,12-14H2,1-2H3;5-6,10-11,15,17-18,34H,3-4,7-9,12-14H2,1-2H3;4-5,9-10,14-16,36H,2-3,6-8,11-13H2,1H3;5-6,10-11,16-18,33H,3-4,7-9,12-14H2,1-2H3. The Balaban J connectivity index is 0.000000132. The van der Waals surface area contributed by atoms with Crippen molar-refractivity contribution >= 4 is 177 Å². The number of hydrogen-bond acceptors (Lipinski definition) is 26. The number of aromatic nitrogens is 16. The van der Waals surface area contributed by atoms with Crippen LogP contribution in [0.2, 0.25) is 40.2 Å². The molecule has 4 N–H and O–H groups in total. The number of sulfonamides is 1. The van der Waals surface area contributed by atoms with E-state index in [2.05, 4.69) is 81.3 Å². The molecule has 0 saturated carbocycles. The Kier molecular flexibility index (Phi) is 33.7. The molecule has 8 aromatic heterocycles. The number of anilines is 4. The molecule has 20 rings (SSSR count). The van der Waals surface area contributed by atoms with Crippen LogP contribution in [-0.4, -0.2) is 292 Å². The Hall–Kier alpha value is -8.52. The van der Waals surface area contributed by atoms with Gasteiger partial charge in [0.05, 0.1) is 80.7 Å². The minimum Gasteiger partial charge on any atom is -0.395 e. The van der Waals surface area contributed by atoms with Crippen molar-refractivity contribution in [2.45, 2.75) is 129 Å². The van der Waals surface area contributed by atoms with Crippen molar-refractivity contribution in [1.82, 2.24) is 103 Å². The van der Waals surface area contributed by atoms with Crippen molar-refractivity contribution < 1.29 is 54.9 Å². The third kappa shape index (κ3) is 24.1. The summed E-state index contributed by atoms with van der Waals surface area (Å²) < 4.78 is 114. The van der Waals surface area contributed by atoms with Crippen molar-refractivity contribution in [3.63, 3.8) is 0 Å². The number of benzene rings is 4. The average Bonchev–Trinajstić information content (AvgIpc) is 1.60. The number of likely N-dealkylation sites (tertiary alicyclic amines) is 4. The van der Waals surface area contributed by atoms with E-state index in [9.17, 15) is 54.9 Å². The number of Topliss-reactive ketones (excluding diaryl/α,β-unsaturated/α-hetero) is 1. The lowest BCUT2D eigenvalue weighted by Gasteiger charge is -2.47. The summed E-state index contributed by atoms with van der Waals surface area (Å²) in [6, 6.07) is 19.0. The number of rotatable bonds is 27. The highest BCUT2D eigenvalue weighted by Crippen LogP contribution is 2.45. The van der Waals surface area contributed by atoms with Gasteiger partial charge in [-0.1, -0.05) is 117 Å². The van der Waals surface area contributed by atoms with Crippen LogP contribution >= 0.6 is 92.8 Å². The maximum absolute atomic E-state index is 13.9. The molecule has 8 atom stereocenters. The minimum absolute atomic E-state index is 0.0361. The molecule has 31 nitrogen and oxygen atoms in total. The van der Waals surface area contributed by atoms with Gasteiger partial charge in [0.15, 0.2) is 45.5 Å². The number of nitrogens with one attached hydrogen (secondary N) is 1. The van der Waals surface area contributed by atoms with Crippen LogP contribution in [0.3, 0.4) is 0 Å². The van der Waals surface area contributed by atoms with Crippen LogP contribution in [0, 0.1) is 54.3 Å². The first-order valence-electron chi connectivity index (χ1n) is 48.8. The second kappa shape index (κ2) is 45.5. The zero-order chi connectivity index (χ0) is 102. The normalized spacial score (nSPS) is 20.5. The van der Waals surface area contributed by atoms with Crippen LogP contribution in [0.1, 0.15) is 160 Å². The quantitative estimate of drug-likeness (QED) is 0.0274. The van der Waals surface area contributed by atoms with Crippen LogP contribution in [0.25, 0.3) is 44.7 Å². The predicted octanol–water partition coefficient (Wildman–Crippen LogP) is 17.6. The van der Waals surface area contributed by atoms with Gasteiger partial charge in [-0.15, -0.1) is 0 Å². The smallest absolute Gasteiger partial charge is 0.395 e. The summed E-state index contributed by atoms with van der Waals surface area (Å²) in [6.07, 6.45) is 7.47.